The van der Waals surface area contributed by atoms with Crippen LogP contribution in [0.3, 0.4) is 0 Å². The second kappa shape index (κ2) is 5.19. The molecule has 1 aromatic heterocycles. The van der Waals surface area contributed by atoms with Crippen molar-refractivity contribution in [1.29, 1.82) is 0 Å². The van der Waals surface area contributed by atoms with Crippen molar-refractivity contribution >= 4 is 5.97 Å². The summed E-state index contributed by atoms with van der Waals surface area (Å²) in [6, 6.07) is 2.99. The third kappa shape index (κ3) is 2.66. The molecule has 0 bridgehead atoms. The molecule has 9 heteroatoms. The summed E-state index contributed by atoms with van der Waals surface area (Å²) in [6.45, 7) is 0. The van der Waals surface area contributed by atoms with Crippen molar-refractivity contribution in [2.75, 3.05) is 0 Å². The maximum absolute atomic E-state index is 13.5. The monoisotopic (exact) mass is 295 g/mol. The summed E-state index contributed by atoms with van der Waals surface area (Å²) in [7, 11) is 2.57. The van der Waals surface area contributed by atoms with Gasteiger partial charge in [-0.2, -0.15) is 0 Å². The molecule has 1 aromatic carbocycles. The van der Waals surface area contributed by atoms with E-state index in [2.05, 4.69) is 5.10 Å². The van der Waals surface area contributed by atoms with Gasteiger partial charge in [-0.15, -0.1) is 5.10 Å². The molecule has 8 nitrogen and oxygen atoms in total. The van der Waals surface area contributed by atoms with Gasteiger partial charge in [0.1, 0.15) is 11.6 Å². The number of rotatable bonds is 3. The molecule has 0 atom stereocenters. The van der Waals surface area contributed by atoms with Crippen LogP contribution < -0.4 is 16.0 Å². The Morgan fingerprint density at radius 3 is 2.57 bits per heavy atom. The lowest BCUT2D eigenvalue weighted by molar-refractivity contribution is 0.0692. The van der Waals surface area contributed by atoms with E-state index in [0.29, 0.717) is 0 Å². The fraction of sp³-hybridized carbons (Fsp3) is 0.167. The molecule has 1 heterocycles. The van der Waals surface area contributed by atoms with Crippen LogP contribution in [0.1, 0.15) is 10.4 Å². The van der Waals surface area contributed by atoms with Crippen LogP contribution in [-0.4, -0.2) is 25.4 Å². The van der Waals surface area contributed by atoms with E-state index >= 15 is 0 Å². The van der Waals surface area contributed by atoms with Gasteiger partial charge in [-0.25, -0.2) is 18.7 Å². The number of carbonyl (C=O) groups is 1. The molecule has 0 aliphatic rings. The predicted octanol–water partition coefficient (Wildman–Crippen LogP) is 0.109. The Bertz CT molecular complexity index is 840. The van der Waals surface area contributed by atoms with Crippen molar-refractivity contribution in [3.05, 3.63) is 50.4 Å². The Kier molecular flexibility index (Phi) is 3.57. The molecule has 0 aliphatic heterocycles. The molecule has 21 heavy (non-hydrogen) atoms. The Morgan fingerprint density at radius 1 is 1.33 bits per heavy atom. The average molecular weight is 295 g/mol. The number of carboxylic acids is 1. The Balaban J connectivity index is 2.44. The first-order valence-electron chi connectivity index (χ1n) is 5.66. The number of aryl methyl sites for hydroxylation is 1. The summed E-state index contributed by atoms with van der Waals surface area (Å²) in [5.41, 5.74) is -1.95. The van der Waals surface area contributed by atoms with Gasteiger partial charge in [-0.05, 0) is 12.1 Å². The molecular weight excluding hydrogens is 285 g/mol. The summed E-state index contributed by atoms with van der Waals surface area (Å²) in [6.07, 6.45) is 0. The van der Waals surface area contributed by atoms with Crippen molar-refractivity contribution in [2.45, 2.75) is 0 Å². The number of hydrogen-bond donors (Lipinski definition) is 1. The standard InChI is InChI=1S/C12H10FN3O5/c1-15-10(17)9(14-16(2)12(15)20)21-6-3-4-7(11(18)19)8(13)5-6/h3-5H,1-2H3,(H,18,19). The van der Waals surface area contributed by atoms with Gasteiger partial charge in [0.15, 0.2) is 0 Å². The summed E-state index contributed by atoms with van der Waals surface area (Å²) >= 11 is 0. The minimum Gasteiger partial charge on any atom is -0.478 e. The van der Waals surface area contributed by atoms with Crippen molar-refractivity contribution in [3.8, 4) is 11.6 Å². The molecule has 2 aromatic rings. The fourth-order valence-corrected chi connectivity index (χ4v) is 1.58. The van der Waals surface area contributed by atoms with Crippen LogP contribution in [-0.2, 0) is 14.1 Å². The molecule has 0 radical (unpaired) electrons. The normalized spacial score (nSPS) is 10.4. The van der Waals surface area contributed by atoms with Gasteiger partial charge >= 0.3 is 23.1 Å². The first-order chi connectivity index (χ1) is 9.81. The summed E-state index contributed by atoms with van der Waals surface area (Å²) in [5.74, 6) is -2.97. The number of aromatic carboxylic acids is 1. The summed E-state index contributed by atoms with van der Waals surface area (Å²) in [4.78, 5) is 33.9. The van der Waals surface area contributed by atoms with E-state index < -0.39 is 34.5 Å². The van der Waals surface area contributed by atoms with Crippen LogP contribution in [0.5, 0.6) is 11.6 Å². The maximum Gasteiger partial charge on any atom is 0.347 e. The number of nitrogens with zero attached hydrogens (tertiary/aromatic N) is 3. The summed E-state index contributed by atoms with van der Waals surface area (Å²) in [5, 5.41) is 12.3. The maximum atomic E-state index is 13.5. The minimum absolute atomic E-state index is 0.110. The molecule has 0 spiro atoms. The van der Waals surface area contributed by atoms with Gasteiger partial charge in [0, 0.05) is 20.2 Å². The molecule has 0 saturated carbocycles. The van der Waals surface area contributed by atoms with E-state index in [0.717, 1.165) is 21.4 Å². The van der Waals surface area contributed by atoms with Crippen LogP contribution >= 0.6 is 0 Å². The van der Waals surface area contributed by atoms with Crippen LogP contribution in [0.15, 0.2) is 27.8 Å². The molecule has 1 N–H and O–H groups in total. The minimum atomic E-state index is -1.42. The summed E-state index contributed by atoms with van der Waals surface area (Å²) < 4.78 is 20.3. The van der Waals surface area contributed by atoms with Crippen LogP contribution in [0.25, 0.3) is 0 Å². The first kappa shape index (κ1) is 14.4. The Hall–Kier alpha value is -2.97. The second-order valence-corrected chi connectivity index (χ2v) is 4.12. The molecule has 0 amide bonds. The van der Waals surface area contributed by atoms with Crippen molar-refractivity contribution < 1.29 is 19.0 Å². The number of hydrogen-bond acceptors (Lipinski definition) is 5. The molecule has 0 saturated heterocycles. The van der Waals surface area contributed by atoms with Gasteiger partial charge in [-0.3, -0.25) is 9.36 Å². The zero-order valence-electron chi connectivity index (χ0n) is 11.0. The lowest BCUT2D eigenvalue weighted by Crippen LogP contribution is -2.38. The van der Waals surface area contributed by atoms with Gasteiger partial charge in [-0.1, -0.05) is 0 Å². The van der Waals surface area contributed by atoms with E-state index in [9.17, 15) is 18.8 Å². The van der Waals surface area contributed by atoms with Crippen molar-refractivity contribution in [2.24, 2.45) is 14.1 Å². The second-order valence-electron chi connectivity index (χ2n) is 4.12. The highest BCUT2D eigenvalue weighted by molar-refractivity contribution is 5.88. The number of ether oxygens (including phenoxy) is 1. The van der Waals surface area contributed by atoms with E-state index in [1.54, 1.807) is 0 Å². The van der Waals surface area contributed by atoms with Crippen LogP contribution in [0.4, 0.5) is 4.39 Å². The predicted molar refractivity (Wildman–Crippen MR) is 68.2 cm³/mol. The van der Waals surface area contributed by atoms with E-state index in [4.69, 9.17) is 9.84 Å². The van der Waals surface area contributed by atoms with Gasteiger partial charge in [0.25, 0.3) is 0 Å². The largest absolute Gasteiger partial charge is 0.478 e. The third-order valence-corrected chi connectivity index (χ3v) is 2.68. The molecule has 110 valence electrons. The molecular formula is C12H10FN3O5. The Morgan fingerprint density at radius 2 is 2.00 bits per heavy atom. The molecule has 0 unspecified atom stereocenters. The van der Waals surface area contributed by atoms with Crippen molar-refractivity contribution in [1.82, 2.24) is 14.3 Å². The lowest BCUT2D eigenvalue weighted by atomic mass is 10.2. The zero-order valence-corrected chi connectivity index (χ0v) is 11.0. The van der Waals surface area contributed by atoms with Crippen molar-refractivity contribution in [3.63, 3.8) is 0 Å². The molecule has 2 rings (SSSR count). The third-order valence-electron chi connectivity index (χ3n) is 2.68. The van der Waals surface area contributed by atoms with E-state index in [-0.39, 0.29) is 5.75 Å². The smallest absolute Gasteiger partial charge is 0.347 e. The Labute approximate surface area is 116 Å². The number of halogens is 1. The molecule has 0 fully saturated rings. The average Bonchev–Trinajstić information content (AvgIpc) is 2.42. The SMILES string of the molecule is Cn1nc(Oc2ccc(C(=O)O)c(F)c2)c(=O)n(C)c1=O. The lowest BCUT2D eigenvalue weighted by Gasteiger charge is -2.07. The number of aromatic nitrogens is 3. The molecule has 0 aliphatic carbocycles. The fourth-order valence-electron chi connectivity index (χ4n) is 1.58. The topological polar surface area (TPSA) is 103 Å². The zero-order chi connectivity index (χ0) is 15.7. The van der Waals surface area contributed by atoms with E-state index in [1.165, 1.54) is 20.2 Å². The van der Waals surface area contributed by atoms with Crippen LogP contribution in [0, 0.1) is 5.82 Å². The van der Waals surface area contributed by atoms with E-state index in [1.807, 2.05) is 0 Å². The highest BCUT2D eigenvalue weighted by Gasteiger charge is 2.14. The van der Waals surface area contributed by atoms with Gasteiger partial charge in [0.05, 0.1) is 5.56 Å². The quantitative estimate of drug-likeness (QED) is 0.862. The van der Waals surface area contributed by atoms with Gasteiger partial charge < -0.3 is 9.84 Å². The first-order valence-corrected chi connectivity index (χ1v) is 5.66. The number of benzene rings is 1. The highest BCUT2D eigenvalue weighted by atomic mass is 19.1. The highest BCUT2D eigenvalue weighted by Crippen LogP contribution is 2.19. The number of carboxylic acid groups (broad SMARTS) is 1. The van der Waals surface area contributed by atoms with Crippen LogP contribution in [0.2, 0.25) is 0 Å². The van der Waals surface area contributed by atoms with Gasteiger partial charge in [0.2, 0.25) is 0 Å².